The van der Waals surface area contributed by atoms with Gasteiger partial charge in [0, 0.05) is 37.2 Å². The van der Waals surface area contributed by atoms with Gasteiger partial charge in [0.1, 0.15) is 0 Å². The van der Waals surface area contributed by atoms with E-state index >= 15 is 0 Å². The fraction of sp³-hybridized carbons (Fsp3) is 0.611. The number of carbonyl (C=O) groups excluding carboxylic acids is 1. The predicted molar refractivity (Wildman–Crippen MR) is 89.0 cm³/mol. The summed E-state index contributed by atoms with van der Waals surface area (Å²) in [5, 5.41) is 14.3. The first-order chi connectivity index (χ1) is 11.6. The number of hydrogen-bond acceptors (Lipinski definition) is 5. The number of fused-ring (bicyclic) bond motifs is 1. The van der Waals surface area contributed by atoms with Crippen LogP contribution in [-0.2, 0) is 0 Å². The first-order valence-electron chi connectivity index (χ1n) is 8.78. The summed E-state index contributed by atoms with van der Waals surface area (Å²) < 4.78 is 5.45. The van der Waals surface area contributed by atoms with Crippen LogP contribution < -0.4 is 0 Å². The van der Waals surface area contributed by atoms with Crippen molar-refractivity contribution >= 4 is 17.0 Å². The number of pyridine rings is 1. The number of likely N-dealkylation sites (tertiary alicyclic amines) is 1. The van der Waals surface area contributed by atoms with E-state index in [4.69, 9.17) is 4.52 Å². The predicted octanol–water partition coefficient (Wildman–Crippen LogP) is 2.68. The highest BCUT2D eigenvalue weighted by molar-refractivity contribution is 6.06. The Labute approximate surface area is 140 Å². The van der Waals surface area contributed by atoms with Crippen molar-refractivity contribution in [3.05, 3.63) is 23.0 Å². The van der Waals surface area contributed by atoms with Crippen molar-refractivity contribution in [2.24, 2.45) is 5.92 Å². The normalized spacial score (nSPS) is 21.2. The van der Waals surface area contributed by atoms with E-state index < -0.39 is 0 Å². The Bertz CT molecular complexity index is 779. The fourth-order valence-corrected chi connectivity index (χ4v) is 3.48. The number of hydrogen-bond donors (Lipinski definition) is 1. The van der Waals surface area contributed by atoms with E-state index in [9.17, 15) is 9.90 Å². The van der Waals surface area contributed by atoms with Crippen LogP contribution >= 0.6 is 0 Å². The number of aliphatic hydroxyl groups excluding tert-OH is 1. The second-order valence-electron chi connectivity index (χ2n) is 7.36. The average Bonchev–Trinajstić information content (AvgIpc) is 3.16. The number of rotatable bonds is 4. The minimum atomic E-state index is 0.00495. The molecule has 6 nitrogen and oxygen atoms in total. The molecule has 1 aliphatic heterocycles. The van der Waals surface area contributed by atoms with Gasteiger partial charge in [0.25, 0.3) is 11.6 Å². The Balaban J connectivity index is 1.79. The van der Waals surface area contributed by atoms with Crippen molar-refractivity contribution in [3.63, 3.8) is 0 Å². The molecule has 3 heterocycles. The standard InChI is InChI=1S/C18H23N3O3/c1-10(2)16-15-13(18(23)21-6-5-11(8-21)9-22)7-14(12-3-4-12)19-17(15)24-20-16/h7,10-12,22H,3-6,8-9H2,1-2H3. The molecule has 2 fully saturated rings. The lowest BCUT2D eigenvalue weighted by molar-refractivity contribution is 0.0783. The first-order valence-corrected chi connectivity index (χ1v) is 8.78. The summed E-state index contributed by atoms with van der Waals surface area (Å²) in [5.74, 6) is 0.791. The summed E-state index contributed by atoms with van der Waals surface area (Å²) >= 11 is 0. The third kappa shape index (κ3) is 2.59. The molecule has 1 N–H and O–H groups in total. The zero-order valence-corrected chi connectivity index (χ0v) is 14.2. The molecular formula is C18H23N3O3. The molecule has 2 aliphatic rings. The Kier molecular flexibility index (Phi) is 3.79. The second-order valence-corrected chi connectivity index (χ2v) is 7.36. The van der Waals surface area contributed by atoms with Gasteiger partial charge in [-0.2, -0.15) is 0 Å². The molecule has 24 heavy (non-hydrogen) atoms. The van der Waals surface area contributed by atoms with E-state index in [-0.39, 0.29) is 24.3 Å². The van der Waals surface area contributed by atoms with Gasteiger partial charge in [-0.15, -0.1) is 0 Å². The lowest BCUT2D eigenvalue weighted by atomic mass is 10.0. The molecule has 128 valence electrons. The van der Waals surface area contributed by atoms with Crippen LogP contribution in [0.4, 0.5) is 0 Å². The van der Waals surface area contributed by atoms with E-state index in [1.807, 2.05) is 24.8 Å². The van der Waals surface area contributed by atoms with Crippen molar-refractivity contribution in [3.8, 4) is 0 Å². The van der Waals surface area contributed by atoms with E-state index in [1.165, 1.54) is 0 Å². The van der Waals surface area contributed by atoms with Crippen LogP contribution in [0.1, 0.15) is 66.7 Å². The van der Waals surface area contributed by atoms with Gasteiger partial charge in [0.15, 0.2) is 0 Å². The average molecular weight is 329 g/mol. The molecule has 1 unspecified atom stereocenters. The molecule has 1 aliphatic carbocycles. The summed E-state index contributed by atoms with van der Waals surface area (Å²) in [5.41, 5.74) is 2.87. The number of amides is 1. The Morgan fingerprint density at radius 3 is 2.83 bits per heavy atom. The summed E-state index contributed by atoms with van der Waals surface area (Å²) in [4.78, 5) is 19.6. The summed E-state index contributed by atoms with van der Waals surface area (Å²) in [6.45, 7) is 5.51. The van der Waals surface area contributed by atoms with Crippen molar-refractivity contribution in [1.82, 2.24) is 15.0 Å². The smallest absolute Gasteiger partial charge is 0.259 e. The lowest BCUT2D eigenvalue weighted by Gasteiger charge is -2.17. The van der Waals surface area contributed by atoms with E-state index in [0.717, 1.165) is 36.0 Å². The first kappa shape index (κ1) is 15.6. The highest BCUT2D eigenvalue weighted by Crippen LogP contribution is 2.41. The summed E-state index contributed by atoms with van der Waals surface area (Å²) in [6, 6.07) is 1.94. The fourth-order valence-electron chi connectivity index (χ4n) is 3.48. The van der Waals surface area contributed by atoms with Crippen molar-refractivity contribution in [2.45, 2.75) is 44.9 Å². The summed E-state index contributed by atoms with van der Waals surface area (Å²) in [6.07, 6.45) is 3.09. The quantitative estimate of drug-likeness (QED) is 0.933. The molecule has 2 aromatic rings. The third-order valence-electron chi connectivity index (χ3n) is 5.10. The van der Waals surface area contributed by atoms with Gasteiger partial charge in [0.2, 0.25) is 0 Å². The van der Waals surface area contributed by atoms with Gasteiger partial charge in [-0.05, 0) is 31.2 Å². The maximum absolute atomic E-state index is 13.1. The molecule has 2 aromatic heterocycles. The highest BCUT2D eigenvalue weighted by atomic mass is 16.5. The van der Waals surface area contributed by atoms with E-state index in [0.29, 0.717) is 30.3 Å². The largest absolute Gasteiger partial charge is 0.396 e. The van der Waals surface area contributed by atoms with Crippen molar-refractivity contribution in [2.75, 3.05) is 19.7 Å². The molecule has 0 bridgehead atoms. The van der Waals surface area contributed by atoms with Crippen LogP contribution in [0.15, 0.2) is 10.6 Å². The van der Waals surface area contributed by atoms with Crippen LogP contribution in [0.25, 0.3) is 11.1 Å². The van der Waals surface area contributed by atoms with Crippen LogP contribution in [0.2, 0.25) is 0 Å². The van der Waals surface area contributed by atoms with Gasteiger partial charge in [-0.1, -0.05) is 19.0 Å². The minimum absolute atomic E-state index is 0.00495. The molecule has 6 heteroatoms. The van der Waals surface area contributed by atoms with Gasteiger partial charge in [-0.3, -0.25) is 4.79 Å². The Morgan fingerprint density at radius 2 is 2.21 bits per heavy atom. The minimum Gasteiger partial charge on any atom is -0.396 e. The van der Waals surface area contributed by atoms with Crippen molar-refractivity contribution < 1.29 is 14.4 Å². The second kappa shape index (κ2) is 5.84. The van der Waals surface area contributed by atoms with Gasteiger partial charge >= 0.3 is 0 Å². The Hall–Kier alpha value is -1.95. The lowest BCUT2D eigenvalue weighted by Crippen LogP contribution is -2.29. The van der Waals surface area contributed by atoms with Crippen LogP contribution in [0, 0.1) is 5.92 Å². The molecule has 0 radical (unpaired) electrons. The number of carbonyl (C=O) groups is 1. The van der Waals surface area contributed by atoms with Gasteiger partial charge < -0.3 is 14.5 Å². The molecule has 0 aromatic carbocycles. The van der Waals surface area contributed by atoms with Crippen LogP contribution in [-0.4, -0.2) is 45.8 Å². The molecular weight excluding hydrogens is 306 g/mol. The van der Waals surface area contributed by atoms with E-state index in [2.05, 4.69) is 10.1 Å². The SMILES string of the molecule is CC(C)c1noc2nc(C3CC3)cc(C(=O)N3CCC(CO)C3)c12. The number of aromatic nitrogens is 2. The molecule has 4 rings (SSSR count). The topological polar surface area (TPSA) is 79.5 Å². The van der Waals surface area contributed by atoms with Crippen molar-refractivity contribution in [1.29, 1.82) is 0 Å². The highest BCUT2D eigenvalue weighted by Gasteiger charge is 2.32. The summed E-state index contributed by atoms with van der Waals surface area (Å²) in [7, 11) is 0. The maximum atomic E-state index is 13.1. The molecule has 1 atom stereocenters. The number of aliphatic hydroxyl groups is 1. The van der Waals surface area contributed by atoms with Gasteiger partial charge in [0.05, 0.1) is 16.6 Å². The molecule has 1 saturated heterocycles. The molecule has 1 saturated carbocycles. The Morgan fingerprint density at radius 1 is 1.42 bits per heavy atom. The monoisotopic (exact) mass is 329 g/mol. The zero-order chi connectivity index (χ0) is 16.8. The number of nitrogens with zero attached hydrogens (tertiary/aromatic N) is 3. The maximum Gasteiger partial charge on any atom is 0.259 e. The third-order valence-corrected chi connectivity index (χ3v) is 5.10. The zero-order valence-electron chi connectivity index (χ0n) is 14.2. The van der Waals surface area contributed by atoms with Crippen LogP contribution in [0.5, 0.6) is 0 Å². The van der Waals surface area contributed by atoms with E-state index in [1.54, 1.807) is 0 Å². The molecule has 1 amide bonds. The van der Waals surface area contributed by atoms with Crippen LogP contribution in [0.3, 0.4) is 0 Å². The molecule has 0 spiro atoms. The van der Waals surface area contributed by atoms with Gasteiger partial charge in [-0.25, -0.2) is 4.98 Å².